The fourth-order valence-corrected chi connectivity index (χ4v) is 4.74. The van der Waals surface area contributed by atoms with E-state index in [1.54, 1.807) is 52.8 Å². The topological polar surface area (TPSA) is 78.9 Å². The molecule has 0 spiro atoms. The molecule has 4 rings (SSSR count). The largest absolute Gasteiger partial charge is 0.497 e. The highest BCUT2D eigenvalue weighted by Gasteiger charge is 2.19. The molecule has 2 aromatic heterocycles. The third-order valence-corrected chi connectivity index (χ3v) is 6.44. The molecule has 0 saturated carbocycles. The minimum absolute atomic E-state index is 0.277. The van der Waals surface area contributed by atoms with Crippen molar-refractivity contribution >= 4 is 50.4 Å². The molecule has 0 atom stereocenters. The number of fused-ring (bicyclic) bond motifs is 1. The van der Waals surface area contributed by atoms with Crippen molar-refractivity contribution in [3.8, 4) is 17.2 Å². The average molecular weight is 491 g/mol. The zero-order chi connectivity index (χ0) is 24.8. The molecule has 35 heavy (non-hydrogen) atoms. The summed E-state index contributed by atoms with van der Waals surface area (Å²) in [5.74, 6) is 1.61. The number of esters is 1. The molecule has 0 bridgehead atoms. The number of methoxy groups -OCH3 is 3. The summed E-state index contributed by atoms with van der Waals surface area (Å²) in [6, 6.07) is 15.1. The summed E-state index contributed by atoms with van der Waals surface area (Å²) in [7, 11) is 4.85. The normalized spacial score (nSPS) is 11.3. The first-order chi connectivity index (χ1) is 17.1. The monoisotopic (exact) mass is 490 g/mol. The second-order valence-electron chi connectivity index (χ2n) is 7.41. The highest BCUT2D eigenvalue weighted by molar-refractivity contribution is 7.20. The fourth-order valence-electron chi connectivity index (χ4n) is 3.62. The van der Waals surface area contributed by atoms with Gasteiger partial charge in [0, 0.05) is 34.2 Å². The zero-order valence-corrected chi connectivity index (χ0v) is 20.8. The number of hydrogen-bond acceptors (Lipinski definition) is 8. The van der Waals surface area contributed by atoms with Gasteiger partial charge in [-0.2, -0.15) is 0 Å². The Morgan fingerprint density at radius 3 is 2.29 bits per heavy atom. The first kappa shape index (κ1) is 24.1. The molecule has 0 aliphatic heterocycles. The summed E-state index contributed by atoms with van der Waals surface area (Å²) in [5.41, 5.74) is 2.88. The number of hydrogen-bond donors (Lipinski definition) is 1. The van der Waals surface area contributed by atoms with Crippen LogP contribution in [0.3, 0.4) is 0 Å². The summed E-state index contributed by atoms with van der Waals surface area (Å²) in [5, 5.41) is 4.45. The number of benzene rings is 2. The molecule has 7 nitrogen and oxygen atoms in total. The summed E-state index contributed by atoms with van der Waals surface area (Å²) in [4.78, 5) is 17.8. The molecule has 2 aromatic carbocycles. The van der Waals surface area contributed by atoms with Gasteiger partial charge in [-0.3, -0.25) is 4.98 Å². The van der Waals surface area contributed by atoms with Gasteiger partial charge in [0.25, 0.3) is 0 Å². The Balaban J connectivity index is 1.91. The van der Waals surface area contributed by atoms with Crippen molar-refractivity contribution in [3.63, 3.8) is 0 Å². The van der Waals surface area contributed by atoms with Crippen LogP contribution >= 0.6 is 11.3 Å². The quantitative estimate of drug-likeness (QED) is 0.222. The Morgan fingerprint density at radius 2 is 1.66 bits per heavy atom. The molecule has 0 aliphatic carbocycles. The Hall–Kier alpha value is -4.04. The highest BCUT2D eigenvalue weighted by atomic mass is 32.1. The van der Waals surface area contributed by atoms with Crippen LogP contribution in [0.2, 0.25) is 0 Å². The van der Waals surface area contributed by atoms with Crippen LogP contribution < -0.4 is 19.5 Å². The van der Waals surface area contributed by atoms with Crippen molar-refractivity contribution in [2.24, 2.45) is 0 Å². The van der Waals surface area contributed by atoms with Crippen LogP contribution in [0.5, 0.6) is 17.2 Å². The lowest BCUT2D eigenvalue weighted by Gasteiger charge is -2.11. The molecule has 0 aliphatic rings. The Morgan fingerprint density at radius 1 is 0.971 bits per heavy atom. The maximum atomic E-state index is 12.9. The smallest absolute Gasteiger partial charge is 0.338 e. The lowest BCUT2D eigenvalue weighted by molar-refractivity contribution is -0.136. The molecule has 180 valence electrons. The van der Waals surface area contributed by atoms with E-state index in [0.29, 0.717) is 17.1 Å². The number of aromatic nitrogens is 1. The minimum Gasteiger partial charge on any atom is -0.497 e. The molecule has 0 unspecified atom stereocenters. The van der Waals surface area contributed by atoms with E-state index in [-0.39, 0.29) is 6.61 Å². The van der Waals surface area contributed by atoms with Gasteiger partial charge in [-0.05, 0) is 61.0 Å². The van der Waals surface area contributed by atoms with Crippen molar-refractivity contribution < 1.29 is 23.7 Å². The van der Waals surface area contributed by atoms with Gasteiger partial charge in [0.15, 0.2) is 11.5 Å². The lowest BCUT2D eigenvalue weighted by atomic mass is 10.1. The molecule has 8 heteroatoms. The number of nitrogens with one attached hydrogen (secondary N) is 1. The summed E-state index contributed by atoms with van der Waals surface area (Å²) in [6.45, 7) is 2.07. The van der Waals surface area contributed by atoms with Crippen LogP contribution in [0.4, 0.5) is 11.4 Å². The lowest BCUT2D eigenvalue weighted by Crippen LogP contribution is -2.07. The number of carbonyl (C=O) groups excluding carboxylic acids is 1. The first-order valence-corrected chi connectivity index (χ1v) is 11.8. The van der Waals surface area contributed by atoms with Crippen molar-refractivity contribution in [2.45, 2.75) is 6.92 Å². The van der Waals surface area contributed by atoms with Gasteiger partial charge >= 0.3 is 5.97 Å². The number of pyridine rings is 1. The van der Waals surface area contributed by atoms with Crippen LogP contribution in [0.25, 0.3) is 21.7 Å². The van der Waals surface area contributed by atoms with E-state index in [0.717, 1.165) is 37.7 Å². The van der Waals surface area contributed by atoms with Crippen LogP contribution in [0, 0.1) is 0 Å². The van der Waals surface area contributed by atoms with Gasteiger partial charge in [-0.25, -0.2) is 4.79 Å². The highest BCUT2D eigenvalue weighted by Crippen LogP contribution is 2.44. The second-order valence-corrected chi connectivity index (χ2v) is 8.50. The van der Waals surface area contributed by atoms with E-state index in [2.05, 4.69) is 10.3 Å². The number of thiophene rings is 1. The van der Waals surface area contributed by atoms with Gasteiger partial charge in [0.05, 0.1) is 44.1 Å². The summed E-state index contributed by atoms with van der Waals surface area (Å²) in [6.07, 6.45) is 5.15. The van der Waals surface area contributed by atoms with E-state index < -0.39 is 5.97 Å². The third-order valence-electron chi connectivity index (χ3n) is 5.34. The number of anilines is 2. The molecule has 4 aromatic rings. The average Bonchev–Trinajstić information content (AvgIpc) is 3.22. The van der Waals surface area contributed by atoms with Crippen LogP contribution in [0.1, 0.15) is 17.4 Å². The molecule has 0 saturated heterocycles. The zero-order valence-electron chi connectivity index (χ0n) is 20.0. The van der Waals surface area contributed by atoms with Gasteiger partial charge in [-0.15, -0.1) is 11.3 Å². The van der Waals surface area contributed by atoms with Crippen LogP contribution in [-0.2, 0) is 9.53 Å². The first-order valence-electron chi connectivity index (χ1n) is 11.0. The van der Waals surface area contributed by atoms with Gasteiger partial charge in [-0.1, -0.05) is 0 Å². The van der Waals surface area contributed by atoms with Gasteiger partial charge < -0.3 is 24.3 Å². The van der Waals surface area contributed by atoms with Crippen molar-refractivity contribution in [1.29, 1.82) is 0 Å². The third kappa shape index (κ3) is 5.22. The second kappa shape index (κ2) is 10.9. The van der Waals surface area contributed by atoms with Crippen LogP contribution in [0.15, 0.2) is 60.9 Å². The SMILES string of the molecule is CCOC(=O)/C(=C/c1sc2cc(OC)c(OC)cc2c1Nc1ccc(OC)cc1)c1ccncc1. The van der Waals surface area contributed by atoms with Crippen molar-refractivity contribution in [2.75, 3.05) is 33.3 Å². The maximum Gasteiger partial charge on any atom is 0.338 e. The number of ether oxygens (including phenoxy) is 4. The van der Waals surface area contributed by atoms with Crippen molar-refractivity contribution in [3.05, 3.63) is 71.4 Å². The van der Waals surface area contributed by atoms with E-state index in [4.69, 9.17) is 18.9 Å². The van der Waals surface area contributed by atoms with E-state index >= 15 is 0 Å². The van der Waals surface area contributed by atoms with E-state index in [9.17, 15) is 4.79 Å². The standard InChI is InChI=1S/C27H26N2O5S/c1-5-34-27(30)20(17-10-12-28-13-11-17)15-25-26(29-18-6-8-19(31-2)9-7-18)21-14-22(32-3)23(33-4)16-24(21)35-25/h6-16,29H,5H2,1-4H3/b20-15+. The predicted molar refractivity (Wildman–Crippen MR) is 140 cm³/mol. The maximum absolute atomic E-state index is 12.9. The van der Waals surface area contributed by atoms with E-state index in [1.165, 1.54) is 11.3 Å². The minimum atomic E-state index is -0.401. The molecular weight excluding hydrogens is 464 g/mol. The Bertz CT molecular complexity index is 1350. The summed E-state index contributed by atoms with van der Waals surface area (Å²) < 4.78 is 22.7. The molecule has 0 fully saturated rings. The van der Waals surface area contributed by atoms with E-state index in [1.807, 2.05) is 42.5 Å². The predicted octanol–water partition coefficient (Wildman–Crippen LogP) is 6.17. The molecule has 2 heterocycles. The number of rotatable bonds is 9. The Kier molecular flexibility index (Phi) is 7.52. The molecule has 0 amide bonds. The van der Waals surface area contributed by atoms with Gasteiger partial charge in [0.1, 0.15) is 5.75 Å². The molecule has 0 radical (unpaired) electrons. The molecular formula is C27H26N2O5S. The Labute approximate surface area is 207 Å². The number of nitrogens with zero attached hydrogens (tertiary/aromatic N) is 1. The fraction of sp³-hybridized carbons (Fsp3) is 0.185. The summed E-state index contributed by atoms with van der Waals surface area (Å²) >= 11 is 1.54. The van der Waals surface area contributed by atoms with Gasteiger partial charge in [0.2, 0.25) is 0 Å². The van der Waals surface area contributed by atoms with Crippen molar-refractivity contribution in [1.82, 2.24) is 4.98 Å². The number of carbonyl (C=O) groups is 1. The molecule has 1 N–H and O–H groups in total. The van der Waals surface area contributed by atoms with Crippen LogP contribution in [-0.4, -0.2) is 38.9 Å².